The molecule has 2 aromatic carbocycles. The molecule has 0 amide bonds. The second kappa shape index (κ2) is 9.02. The maximum Gasteiger partial charge on any atom is 0.122 e. The highest BCUT2D eigenvalue weighted by Crippen LogP contribution is 2.22. The van der Waals surface area contributed by atoms with Crippen LogP contribution in [0.4, 0.5) is 0 Å². The van der Waals surface area contributed by atoms with Crippen LogP contribution in [0.5, 0.6) is 11.5 Å². The van der Waals surface area contributed by atoms with E-state index in [9.17, 15) is 5.11 Å². The van der Waals surface area contributed by atoms with Crippen molar-refractivity contribution in [2.24, 2.45) is 0 Å². The molecule has 0 bridgehead atoms. The van der Waals surface area contributed by atoms with Gasteiger partial charge in [0.25, 0.3) is 0 Å². The second-order valence-corrected chi connectivity index (χ2v) is 6.08. The quantitative estimate of drug-likeness (QED) is 0.664. The third-order valence-electron chi connectivity index (χ3n) is 4.16. The summed E-state index contributed by atoms with van der Waals surface area (Å²) >= 11 is 0. The normalized spacial score (nSPS) is 11.8. The van der Waals surface area contributed by atoms with Gasteiger partial charge in [0.2, 0.25) is 0 Å². The highest BCUT2D eigenvalue weighted by atomic mass is 16.5. The Labute approximate surface area is 154 Å². The van der Waals surface area contributed by atoms with Crippen molar-refractivity contribution in [1.29, 1.82) is 0 Å². The van der Waals surface area contributed by atoms with E-state index in [1.165, 1.54) is 5.56 Å². The molecule has 4 nitrogen and oxygen atoms in total. The SMILES string of the molecule is COc1ccnc(CCC(O)COc2ccc(-c3ccccc3)cc2)c1. The fourth-order valence-electron chi connectivity index (χ4n) is 2.68. The van der Waals surface area contributed by atoms with Gasteiger partial charge < -0.3 is 14.6 Å². The van der Waals surface area contributed by atoms with E-state index < -0.39 is 6.10 Å². The summed E-state index contributed by atoms with van der Waals surface area (Å²) in [4.78, 5) is 4.28. The van der Waals surface area contributed by atoms with Crippen LogP contribution in [-0.2, 0) is 6.42 Å². The average Bonchev–Trinajstić information content (AvgIpc) is 2.72. The lowest BCUT2D eigenvalue weighted by Gasteiger charge is -2.13. The van der Waals surface area contributed by atoms with Gasteiger partial charge in [-0.05, 0) is 42.2 Å². The molecule has 0 spiro atoms. The predicted molar refractivity (Wildman–Crippen MR) is 102 cm³/mol. The minimum absolute atomic E-state index is 0.259. The third kappa shape index (κ3) is 5.07. The Hall–Kier alpha value is -2.85. The molecular formula is C22H23NO3. The maximum absolute atomic E-state index is 10.1. The molecule has 0 aliphatic heterocycles. The topological polar surface area (TPSA) is 51.6 Å². The Bertz CT molecular complexity index is 803. The summed E-state index contributed by atoms with van der Waals surface area (Å²) in [6.07, 6.45) is 2.43. The third-order valence-corrected chi connectivity index (χ3v) is 4.16. The van der Waals surface area contributed by atoms with Crippen LogP contribution in [0.25, 0.3) is 11.1 Å². The van der Waals surface area contributed by atoms with Crippen LogP contribution in [0.3, 0.4) is 0 Å². The summed E-state index contributed by atoms with van der Waals surface area (Å²) in [5.41, 5.74) is 3.21. The van der Waals surface area contributed by atoms with Crippen molar-refractivity contribution < 1.29 is 14.6 Å². The van der Waals surface area contributed by atoms with Gasteiger partial charge in [-0.25, -0.2) is 0 Å². The number of rotatable bonds is 8. The zero-order valence-corrected chi connectivity index (χ0v) is 14.8. The van der Waals surface area contributed by atoms with Crippen molar-refractivity contribution >= 4 is 0 Å². The van der Waals surface area contributed by atoms with Crippen molar-refractivity contribution in [3.05, 3.63) is 78.6 Å². The lowest BCUT2D eigenvalue weighted by molar-refractivity contribution is 0.1000. The van der Waals surface area contributed by atoms with E-state index in [1.807, 2.05) is 54.6 Å². The Morgan fingerprint density at radius 2 is 1.65 bits per heavy atom. The van der Waals surface area contributed by atoms with Crippen LogP contribution >= 0.6 is 0 Å². The lowest BCUT2D eigenvalue weighted by atomic mass is 10.1. The molecule has 134 valence electrons. The lowest BCUT2D eigenvalue weighted by Crippen LogP contribution is -2.18. The van der Waals surface area contributed by atoms with Crippen LogP contribution in [0.2, 0.25) is 0 Å². The molecule has 3 aromatic rings. The Kier molecular flexibility index (Phi) is 6.23. The summed E-state index contributed by atoms with van der Waals surface area (Å²) in [5.74, 6) is 1.53. The van der Waals surface area contributed by atoms with Crippen LogP contribution in [-0.4, -0.2) is 29.9 Å². The number of hydrogen-bond acceptors (Lipinski definition) is 4. The molecule has 1 heterocycles. The van der Waals surface area contributed by atoms with E-state index >= 15 is 0 Å². The highest BCUT2D eigenvalue weighted by molar-refractivity contribution is 5.63. The summed E-state index contributed by atoms with van der Waals surface area (Å²) < 4.78 is 10.9. The van der Waals surface area contributed by atoms with Crippen LogP contribution in [0, 0.1) is 0 Å². The number of ether oxygens (including phenoxy) is 2. The summed E-state index contributed by atoms with van der Waals surface area (Å²) in [5, 5.41) is 10.1. The molecule has 1 atom stereocenters. The molecule has 26 heavy (non-hydrogen) atoms. The molecule has 0 aliphatic carbocycles. The number of aliphatic hydroxyl groups excluding tert-OH is 1. The Morgan fingerprint density at radius 3 is 2.38 bits per heavy atom. The minimum Gasteiger partial charge on any atom is -0.497 e. The molecule has 1 aromatic heterocycles. The molecular weight excluding hydrogens is 326 g/mol. The van der Waals surface area contributed by atoms with Gasteiger partial charge in [-0.2, -0.15) is 0 Å². The zero-order chi connectivity index (χ0) is 18.2. The van der Waals surface area contributed by atoms with E-state index in [2.05, 4.69) is 17.1 Å². The number of methoxy groups -OCH3 is 1. The highest BCUT2D eigenvalue weighted by Gasteiger charge is 2.08. The average molecular weight is 349 g/mol. The summed E-state index contributed by atoms with van der Waals surface area (Å²) in [6, 6.07) is 21.8. The summed E-state index contributed by atoms with van der Waals surface area (Å²) in [7, 11) is 1.63. The van der Waals surface area contributed by atoms with Gasteiger partial charge in [0.05, 0.1) is 13.2 Å². The smallest absolute Gasteiger partial charge is 0.122 e. The molecule has 0 aliphatic rings. The van der Waals surface area contributed by atoms with E-state index in [-0.39, 0.29) is 6.61 Å². The van der Waals surface area contributed by atoms with Gasteiger partial charge in [-0.15, -0.1) is 0 Å². The number of aliphatic hydroxyl groups is 1. The van der Waals surface area contributed by atoms with Crippen molar-refractivity contribution in [1.82, 2.24) is 4.98 Å². The molecule has 0 radical (unpaired) electrons. The first-order valence-electron chi connectivity index (χ1n) is 8.70. The van der Waals surface area contributed by atoms with E-state index in [0.29, 0.717) is 12.8 Å². The predicted octanol–water partition coefficient (Wildman–Crippen LogP) is 4.13. The van der Waals surface area contributed by atoms with Crippen molar-refractivity contribution in [2.45, 2.75) is 18.9 Å². The van der Waals surface area contributed by atoms with E-state index in [4.69, 9.17) is 9.47 Å². The van der Waals surface area contributed by atoms with Crippen molar-refractivity contribution in [3.63, 3.8) is 0 Å². The second-order valence-electron chi connectivity index (χ2n) is 6.08. The zero-order valence-electron chi connectivity index (χ0n) is 14.8. The van der Waals surface area contributed by atoms with Crippen LogP contribution in [0.1, 0.15) is 12.1 Å². The molecule has 0 saturated heterocycles. The maximum atomic E-state index is 10.1. The standard InChI is InChI=1S/C22H23NO3/c1-25-22-13-14-23-19(15-22)9-10-20(24)16-26-21-11-7-18(8-12-21)17-5-3-2-4-6-17/h2-8,11-15,20,24H,9-10,16H2,1H3. The molecule has 0 fully saturated rings. The van der Waals surface area contributed by atoms with Gasteiger partial charge in [0, 0.05) is 18.0 Å². The number of nitrogens with zero attached hydrogens (tertiary/aromatic N) is 1. The Balaban J connectivity index is 1.47. The van der Waals surface area contributed by atoms with Crippen LogP contribution in [0.15, 0.2) is 72.9 Å². The van der Waals surface area contributed by atoms with Crippen molar-refractivity contribution in [2.75, 3.05) is 13.7 Å². The molecule has 3 rings (SSSR count). The fraction of sp³-hybridized carbons (Fsp3) is 0.227. The monoisotopic (exact) mass is 349 g/mol. The van der Waals surface area contributed by atoms with Crippen LogP contribution < -0.4 is 9.47 Å². The molecule has 0 saturated carbocycles. The van der Waals surface area contributed by atoms with E-state index in [0.717, 1.165) is 22.8 Å². The largest absolute Gasteiger partial charge is 0.497 e. The first-order valence-corrected chi connectivity index (χ1v) is 8.70. The number of aryl methyl sites for hydroxylation is 1. The molecule has 4 heteroatoms. The first kappa shape index (κ1) is 18.0. The summed E-state index contributed by atoms with van der Waals surface area (Å²) in [6.45, 7) is 0.259. The van der Waals surface area contributed by atoms with Crippen molar-refractivity contribution in [3.8, 4) is 22.6 Å². The minimum atomic E-state index is -0.545. The van der Waals surface area contributed by atoms with Gasteiger partial charge in [0.15, 0.2) is 0 Å². The van der Waals surface area contributed by atoms with Gasteiger partial charge in [0.1, 0.15) is 18.1 Å². The number of hydrogen-bond donors (Lipinski definition) is 1. The van der Waals surface area contributed by atoms with Gasteiger partial charge >= 0.3 is 0 Å². The fourth-order valence-corrected chi connectivity index (χ4v) is 2.68. The van der Waals surface area contributed by atoms with E-state index in [1.54, 1.807) is 13.3 Å². The number of pyridine rings is 1. The number of benzene rings is 2. The van der Waals surface area contributed by atoms with Gasteiger partial charge in [-0.3, -0.25) is 4.98 Å². The molecule has 1 N–H and O–H groups in total. The first-order chi connectivity index (χ1) is 12.7. The van der Waals surface area contributed by atoms with Gasteiger partial charge in [-0.1, -0.05) is 42.5 Å². The molecule has 1 unspecified atom stereocenters. The Morgan fingerprint density at radius 1 is 0.923 bits per heavy atom. The number of aromatic nitrogens is 1.